The van der Waals surface area contributed by atoms with Crippen molar-refractivity contribution < 1.29 is 4.52 Å². The number of aryl methyl sites for hydroxylation is 2. The number of hydrogen-bond acceptors (Lipinski definition) is 6. The molecule has 0 saturated heterocycles. The summed E-state index contributed by atoms with van der Waals surface area (Å²) in [5, 5.41) is 5.94. The molecule has 2 aromatic heterocycles. The van der Waals surface area contributed by atoms with Gasteiger partial charge in [0.15, 0.2) is 5.82 Å². The molecule has 102 valence electrons. The van der Waals surface area contributed by atoms with Crippen LogP contribution in [0.3, 0.4) is 0 Å². The topological polar surface area (TPSA) is 60.9 Å². The number of nitrogens with zero attached hydrogens (tertiary/aromatic N) is 3. The quantitative estimate of drug-likeness (QED) is 0.846. The zero-order chi connectivity index (χ0) is 13.5. The van der Waals surface area contributed by atoms with E-state index in [9.17, 15) is 4.79 Å². The van der Waals surface area contributed by atoms with Crippen molar-refractivity contribution in [1.82, 2.24) is 14.7 Å². The van der Waals surface area contributed by atoms with Crippen LogP contribution in [0, 0.1) is 6.92 Å². The van der Waals surface area contributed by atoms with Crippen LogP contribution >= 0.6 is 23.1 Å². The molecular weight excluding hydrogens is 282 g/mol. The van der Waals surface area contributed by atoms with Gasteiger partial charge < -0.3 is 9.09 Å². The fraction of sp³-hybridized carbons (Fsp3) is 0.583. The third-order valence-corrected chi connectivity index (χ3v) is 5.75. The molecule has 2 heterocycles. The third kappa shape index (κ3) is 2.36. The average Bonchev–Trinajstić information content (AvgIpc) is 2.96. The van der Waals surface area contributed by atoms with Crippen LogP contribution < -0.4 is 4.87 Å². The molecule has 1 fully saturated rings. The molecule has 0 unspecified atom stereocenters. The molecule has 5 nitrogen and oxygen atoms in total. The van der Waals surface area contributed by atoms with Crippen molar-refractivity contribution in [2.45, 2.75) is 37.5 Å². The first-order valence-electron chi connectivity index (χ1n) is 6.18. The predicted octanol–water partition coefficient (Wildman–Crippen LogP) is 2.20. The van der Waals surface area contributed by atoms with E-state index in [1.54, 1.807) is 16.3 Å². The van der Waals surface area contributed by atoms with Gasteiger partial charge in [-0.2, -0.15) is 16.7 Å². The molecular formula is C12H15N3O2S2. The minimum atomic E-state index is 0.0695. The lowest BCUT2D eigenvalue weighted by Gasteiger charge is -2.03. The van der Waals surface area contributed by atoms with Crippen molar-refractivity contribution in [1.29, 1.82) is 0 Å². The maximum Gasteiger partial charge on any atom is 0.307 e. The van der Waals surface area contributed by atoms with Gasteiger partial charge in [-0.05, 0) is 26.0 Å². The summed E-state index contributed by atoms with van der Waals surface area (Å²) in [6.07, 6.45) is 4.93. The van der Waals surface area contributed by atoms with Gasteiger partial charge in [-0.3, -0.25) is 4.79 Å². The Morgan fingerprint density at radius 3 is 2.95 bits per heavy atom. The molecule has 0 spiro atoms. The van der Waals surface area contributed by atoms with Crippen molar-refractivity contribution in [3.8, 4) is 0 Å². The lowest BCUT2D eigenvalue weighted by Crippen LogP contribution is -2.16. The van der Waals surface area contributed by atoms with E-state index in [4.69, 9.17) is 4.52 Å². The van der Waals surface area contributed by atoms with Gasteiger partial charge in [0.1, 0.15) is 0 Å². The summed E-state index contributed by atoms with van der Waals surface area (Å²) in [7, 11) is 0. The summed E-state index contributed by atoms with van der Waals surface area (Å²) < 4.78 is 7.12. The van der Waals surface area contributed by atoms with Crippen molar-refractivity contribution in [2.75, 3.05) is 6.26 Å². The predicted molar refractivity (Wildman–Crippen MR) is 75.7 cm³/mol. The van der Waals surface area contributed by atoms with Crippen LogP contribution in [0.15, 0.2) is 14.7 Å². The van der Waals surface area contributed by atoms with Gasteiger partial charge in [-0.15, -0.1) is 0 Å². The second-order valence-corrected chi connectivity index (χ2v) is 6.77. The Hall–Kier alpha value is -1.08. The molecule has 1 aliphatic carbocycles. The molecule has 0 atom stereocenters. The van der Waals surface area contributed by atoms with E-state index < -0.39 is 0 Å². The summed E-state index contributed by atoms with van der Waals surface area (Å²) >= 11 is 3.01. The number of thiazole rings is 1. The maximum absolute atomic E-state index is 11.6. The van der Waals surface area contributed by atoms with Crippen LogP contribution in [0.2, 0.25) is 0 Å². The van der Waals surface area contributed by atoms with E-state index >= 15 is 0 Å². The maximum atomic E-state index is 11.6. The minimum absolute atomic E-state index is 0.0695. The summed E-state index contributed by atoms with van der Waals surface area (Å²) in [5.74, 6) is 1.43. The van der Waals surface area contributed by atoms with E-state index in [0.29, 0.717) is 18.9 Å². The number of hydrogen-bond donors (Lipinski definition) is 0. The van der Waals surface area contributed by atoms with Crippen LogP contribution in [0.1, 0.15) is 30.3 Å². The van der Waals surface area contributed by atoms with E-state index in [0.717, 1.165) is 24.4 Å². The Balaban J connectivity index is 1.70. The molecule has 7 heteroatoms. The molecule has 1 saturated carbocycles. The van der Waals surface area contributed by atoms with Gasteiger partial charge in [0.05, 0.1) is 4.75 Å². The van der Waals surface area contributed by atoms with Gasteiger partial charge >= 0.3 is 4.87 Å². The van der Waals surface area contributed by atoms with Crippen molar-refractivity contribution in [3.05, 3.63) is 32.5 Å². The minimum Gasteiger partial charge on any atom is -0.339 e. The Bertz CT molecular complexity index is 639. The highest BCUT2D eigenvalue weighted by Crippen LogP contribution is 2.54. The van der Waals surface area contributed by atoms with E-state index in [-0.39, 0.29) is 9.62 Å². The molecule has 1 aliphatic rings. The monoisotopic (exact) mass is 297 g/mol. The summed E-state index contributed by atoms with van der Waals surface area (Å²) in [4.78, 5) is 16.1. The van der Waals surface area contributed by atoms with Gasteiger partial charge in [0.2, 0.25) is 5.89 Å². The highest BCUT2D eigenvalue weighted by atomic mass is 32.2. The first-order valence-corrected chi connectivity index (χ1v) is 8.28. The molecule has 0 N–H and O–H groups in total. The first-order chi connectivity index (χ1) is 9.14. The van der Waals surface area contributed by atoms with Crippen LogP contribution in [0.25, 0.3) is 0 Å². The molecule has 2 aromatic rings. The summed E-state index contributed by atoms with van der Waals surface area (Å²) in [5.41, 5.74) is 0.984. The molecule has 0 aromatic carbocycles. The first kappa shape index (κ1) is 12.9. The summed E-state index contributed by atoms with van der Waals surface area (Å²) in [6, 6.07) is 0. The van der Waals surface area contributed by atoms with Crippen LogP contribution in [0.4, 0.5) is 0 Å². The van der Waals surface area contributed by atoms with Crippen molar-refractivity contribution >= 4 is 23.1 Å². The van der Waals surface area contributed by atoms with E-state index in [1.165, 1.54) is 11.3 Å². The molecule has 3 rings (SSSR count). The number of aromatic nitrogens is 3. The molecule has 0 bridgehead atoms. The third-order valence-electron chi connectivity index (χ3n) is 3.50. The SMILES string of the molecule is CSC1(c2noc(CCn3c(C)csc3=O)n2)CC1. The largest absolute Gasteiger partial charge is 0.339 e. The smallest absolute Gasteiger partial charge is 0.307 e. The van der Waals surface area contributed by atoms with Gasteiger partial charge in [0.25, 0.3) is 0 Å². The fourth-order valence-corrected chi connectivity index (χ4v) is 3.59. The fourth-order valence-electron chi connectivity index (χ4n) is 2.06. The van der Waals surface area contributed by atoms with Gasteiger partial charge in [0, 0.05) is 24.0 Å². The Kier molecular flexibility index (Phi) is 3.26. The molecule has 19 heavy (non-hydrogen) atoms. The van der Waals surface area contributed by atoms with Crippen molar-refractivity contribution in [2.24, 2.45) is 0 Å². The van der Waals surface area contributed by atoms with Crippen LogP contribution in [-0.4, -0.2) is 21.0 Å². The second-order valence-electron chi connectivity index (χ2n) is 4.75. The van der Waals surface area contributed by atoms with Gasteiger partial charge in [-0.1, -0.05) is 16.5 Å². The van der Waals surface area contributed by atoms with Crippen LogP contribution in [0.5, 0.6) is 0 Å². The van der Waals surface area contributed by atoms with Gasteiger partial charge in [-0.25, -0.2) is 0 Å². The Labute approximate surface area is 119 Å². The molecule has 0 amide bonds. The Morgan fingerprint density at radius 1 is 1.58 bits per heavy atom. The number of rotatable bonds is 5. The molecule has 0 aliphatic heterocycles. The average molecular weight is 297 g/mol. The second kappa shape index (κ2) is 4.79. The lowest BCUT2D eigenvalue weighted by molar-refractivity contribution is 0.365. The summed E-state index contributed by atoms with van der Waals surface area (Å²) in [6.45, 7) is 2.53. The standard InChI is InChI=1S/C12H15N3O2S2/c1-8-7-19-11(16)15(8)6-3-9-13-10(14-17-9)12(18-2)4-5-12/h7H,3-6H2,1-2H3. The zero-order valence-corrected chi connectivity index (χ0v) is 12.5. The zero-order valence-electron chi connectivity index (χ0n) is 10.9. The van der Waals surface area contributed by atoms with Crippen molar-refractivity contribution in [3.63, 3.8) is 0 Å². The van der Waals surface area contributed by atoms with E-state index in [2.05, 4.69) is 16.4 Å². The lowest BCUT2D eigenvalue weighted by atomic mass is 10.3. The highest BCUT2D eigenvalue weighted by Gasteiger charge is 2.47. The highest BCUT2D eigenvalue weighted by molar-refractivity contribution is 7.99. The van der Waals surface area contributed by atoms with E-state index in [1.807, 2.05) is 12.3 Å². The normalized spacial score (nSPS) is 16.7. The number of thioether (sulfide) groups is 1. The Morgan fingerprint density at radius 2 is 2.37 bits per heavy atom. The van der Waals surface area contributed by atoms with Crippen LogP contribution in [-0.2, 0) is 17.7 Å². The molecule has 0 radical (unpaired) electrons.